The number of methoxy groups -OCH3 is 4. The molecule has 0 bridgehead atoms. The Morgan fingerprint density at radius 1 is 0.727 bits per heavy atom. The van der Waals surface area contributed by atoms with Crippen LogP contribution in [0.2, 0.25) is 0 Å². The summed E-state index contributed by atoms with van der Waals surface area (Å²) in [5, 5.41) is 5.54. The summed E-state index contributed by atoms with van der Waals surface area (Å²) >= 11 is 0. The quantitative estimate of drug-likeness (QED) is 0.224. The predicted octanol–water partition coefficient (Wildman–Crippen LogP) is 4.49. The van der Waals surface area contributed by atoms with Crippen molar-refractivity contribution in [2.45, 2.75) is 11.4 Å². The Bertz CT molecular complexity index is 1730. The highest BCUT2D eigenvalue weighted by molar-refractivity contribution is 7.92. The number of anilines is 2. The third kappa shape index (κ3) is 7.21. The van der Waals surface area contributed by atoms with Gasteiger partial charge in [-0.2, -0.15) is 0 Å². The summed E-state index contributed by atoms with van der Waals surface area (Å²) in [6, 6.07) is 24.6. The Morgan fingerprint density at radius 3 is 2.07 bits per heavy atom. The summed E-state index contributed by atoms with van der Waals surface area (Å²) < 4.78 is 50.5. The van der Waals surface area contributed by atoms with Crippen LogP contribution in [0.3, 0.4) is 0 Å². The summed E-state index contributed by atoms with van der Waals surface area (Å²) in [5.41, 5.74) is 1.39. The van der Waals surface area contributed by atoms with Gasteiger partial charge in [0, 0.05) is 18.7 Å². The lowest BCUT2D eigenvalue weighted by Crippen LogP contribution is -2.38. The predicted molar refractivity (Wildman–Crippen MR) is 166 cm³/mol. The third-order valence-corrected chi connectivity index (χ3v) is 8.38. The van der Waals surface area contributed by atoms with E-state index >= 15 is 0 Å². The zero-order chi connectivity index (χ0) is 31.7. The number of ether oxygens (including phenoxy) is 4. The highest BCUT2D eigenvalue weighted by Crippen LogP contribution is 2.37. The summed E-state index contributed by atoms with van der Waals surface area (Å²) in [7, 11) is 1.24. The van der Waals surface area contributed by atoms with Crippen molar-refractivity contribution in [2.75, 3.05) is 44.6 Å². The maximum absolute atomic E-state index is 14.1. The maximum Gasteiger partial charge on any atom is 0.265 e. The SMILES string of the molecule is COc1ccc(OC)c(N(CC(=O)Nc2ccccc2C(=O)NCc2ccccc2)S(=O)(=O)c2ccc(OC)c(OC)c2)c1. The van der Waals surface area contributed by atoms with Crippen LogP contribution >= 0.6 is 0 Å². The summed E-state index contributed by atoms with van der Waals surface area (Å²) in [6.07, 6.45) is 0. The average molecular weight is 620 g/mol. The van der Waals surface area contributed by atoms with Gasteiger partial charge in [-0.3, -0.25) is 13.9 Å². The summed E-state index contributed by atoms with van der Waals surface area (Å²) in [4.78, 5) is 26.4. The molecule has 11 nitrogen and oxygen atoms in total. The third-order valence-electron chi connectivity index (χ3n) is 6.63. The van der Waals surface area contributed by atoms with E-state index < -0.39 is 28.4 Å². The van der Waals surface area contributed by atoms with E-state index in [1.807, 2.05) is 30.3 Å². The molecule has 2 amide bonds. The van der Waals surface area contributed by atoms with E-state index in [9.17, 15) is 18.0 Å². The van der Waals surface area contributed by atoms with Crippen LogP contribution in [-0.2, 0) is 21.4 Å². The number of nitrogens with one attached hydrogen (secondary N) is 2. The molecular weight excluding hydrogens is 586 g/mol. The number of hydrogen-bond donors (Lipinski definition) is 2. The molecule has 0 saturated heterocycles. The van der Waals surface area contributed by atoms with Gasteiger partial charge in [0.1, 0.15) is 18.0 Å². The summed E-state index contributed by atoms with van der Waals surface area (Å²) in [6.45, 7) is -0.380. The van der Waals surface area contributed by atoms with E-state index in [0.29, 0.717) is 11.5 Å². The molecule has 12 heteroatoms. The lowest BCUT2D eigenvalue weighted by molar-refractivity contribution is -0.114. The Hall–Kier alpha value is -5.23. The number of hydrogen-bond acceptors (Lipinski definition) is 8. The van der Waals surface area contributed by atoms with Gasteiger partial charge in [-0.15, -0.1) is 0 Å². The Kier molecular flexibility index (Phi) is 10.3. The van der Waals surface area contributed by atoms with Crippen LogP contribution in [0, 0.1) is 0 Å². The van der Waals surface area contributed by atoms with E-state index in [-0.39, 0.29) is 39.9 Å². The molecular formula is C32H33N3O8S. The van der Waals surface area contributed by atoms with Gasteiger partial charge in [0.15, 0.2) is 11.5 Å². The minimum absolute atomic E-state index is 0.0608. The van der Waals surface area contributed by atoms with Crippen molar-refractivity contribution < 1.29 is 37.0 Å². The molecule has 0 aliphatic heterocycles. The molecule has 230 valence electrons. The van der Waals surface area contributed by atoms with Crippen LogP contribution in [0.1, 0.15) is 15.9 Å². The smallest absolute Gasteiger partial charge is 0.265 e. The van der Waals surface area contributed by atoms with E-state index in [4.69, 9.17) is 18.9 Å². The standard InChI is InChI=1S/C32H33N3O8S/c1-40-23-14-16-28(41-2)27(18-23)35(44(38,39)24-15-17-29(42-3)30(19-24)43-4)21-31(36)34-26-13-9-8-12-25(26)32(37)33-20-22-10-6-5-7-11-22/h5-19H,20-21H2,1-4H3,(H,33,37)(H,34,36). The van der Waals surface area contributed by atoms with Gasteiger partial charge >= 0.3 is 0 Å². The van der Waals surface area contributed by atoms with Gasteiger partial charge in [0.05, 0.1) is 50.3 Å². The van der Waals surface area contributed by atoms with Crippen LogP contribution in [0.15, 0.2) is 95.9 Å². The monoisotopic (exact) mass is 619 g/mol. The molecule has 2 N–H and O–H groups in total. The van der Waals surface area contributed by atoms with Gasteiger partial charge in [0.2, 0.25) is 5.91 Å². The Labute approximate surface area is 256 Å². The van der Waals surface area contributed by atoms with Crippen LogP contribution in [0.4, 0.5) is 11.4 Å². The first-order chi connectivity index (χ1) is 21.2. The van der Waals surface area contributed by atoms with E-state index in [2.05, 4.69) is 10.6 Å². The number of sulfonamides is 1. The maximum atomic E-state index is 14.1. The van der Waals surface area contributed by atoms with Crippen LogP contribution < -0.4 is 33.9 Å². The van der Waals surface area contributed by atoms with Gasteiger partial charge in [-0.25, -0.2) is 8.42 Å². The lowest BCUT2D eigenvalue weighted by atomic mass is 10.1. The molecule has 44 heavy (non-hydrogen) atoms. The van der Waals surface area contributed by atoms with Crippen molar-refractivity contribution in [3.05, 3.63) is 102 Å². The first-order valence-electron chi connectivity index (χ1n) is 13.4. The van der Waals surface area contributed by atoms with Crippen LogP contribution in [-0.4, -0.2) is 55.2 Å². The first kappa shape index (κ1) is 31.7. The van der Waals surface area contributed by atoms with Crippen molar-refractivity contribution in [3.63, 3.8) is 0 Å². The van der Waals surface area contributed by atoms with Crippen LogP contribution in [0.25, 0.3) is 0 Å². The lowest BCUT2D eigenvalue weighted by Gasteiger charge is -2.26. The Balaban J connectivity index is 1.68. The fraction of sp³-hybridized carbons (Fsp3) is 0.188. The number of carbonyl (C=O) groups excluding carboxylic acids is 2. The molecule has 0 aliphatic carbocycles. The molecule has 4 aromatic rings. The molecule has 0 aromatic heterocycles. The number of carbonyl (C=O) groups is 2. The summed E-state index contributed by atoms with van der Waals surface area (Å²) in [5.74, 6) is -0.0726. The molecule has 0 fully saturated rings. The molecule has 0 heterocycles. The number of benzene rings is 4. The Morgan fingerprint density at radius 2 is 1.39 bits per heavy atom. The molecule has 0 atom stereocenters. The first-order valence-corrected chi connectivity index (χ1v) is 14.8. The molecule has 0 unspecified atom stereocenters. The van der Waals surface area contributed by atoms with Crippen molar-refractivity contribution in [1.82, 2.24) is 5.32 Å². The largest absolute Gasteiger partial charge is 0.497 e. The molecule has 0 radical (unpaired) electrons. The van der Waals surface area contributed by atoms with Crippen molar-refractivity contribution in [2.24, 2.45) is 0 Å². The van der Waals surface area contributed by atoms with Gasteiger partial charge in [-0.05, 0) is 42.0 Å². The zero-order valence-electron chi connectivity index (χ0n) is 24.7. The minimum atomic E-state index is -4.40. The highest BCUT2D eigenvalue weighted by Gasteiger charge is 2.31. The fourth-order valence-corrected chi connectivity index (χ4v) is 5.82. The van der Waals surface area contributed by atoms with Crippen molar-refractivity contribution in [1.29, 1.82) is 0 Å². The second kappa shape index (κ2) is 14.3. The normalized spacial score (nSPS) is 10.8. The molecule has 4 rings (SSSR count). The number of rotatable bonds is 13. The second-order valence-corrected chi connectivity index (χ2v) is 11.2. The second-order valence-electron chi connectivity index (χ2n) is 9.33. The van der Waals surface area contributed by atoms with E-state index in [0.717, 1.165) is 9.87 Å². The van der Waals surface area contributed by atoms with Crippen molar-refractivity contribution >= 4 is 33.2 Å². The fourth-order valence-electron chi connectivity index (χ4n) is 4.38. The number of para-hydroxylation sites is 1. The minimum Gasteiger partial charge on any atom is -0.497 e. The van der Waals surface area contributed by atoms with Crippen LogP contribution in [0.5, 0.6) is 23.0 Å². The zero-order valence-corrected chi connectivity index (χ0v) is 25.5. The van der Waals surface area contributed by atoms with E-state index in [1.54, 1.807) is 30.3 Å². The highest BCUT2D eigenvalue weighted by atomic mass is 32.2. The van der Waals surface area contributed by atoms with Gasteiger partial charge < -0.3 is 29.6 Å². The number of amides is 2. The van der Waals surface area contributed by atoms with Gasteiger partial charge in [0.25, 0.3) is 15.9 Å². The molecule has 0 saturated carbocycles. The average Bonchev–Trinajstić information content (AvgIpc) is 3.06. The van der Waals surface area contributed by atoms with Crippen molar-refractivity contribution in [3.8, 4) is 23.0 Å². The van der Waals surface area contributed by atoms with E-state index in [1.165, 1.54) is 58.8 Å². The molecule has 0 aliphatic rings. The topological polar surface area (TPSA) is 132 Å². The van der Waals surface area contributed by atoms with Gasteiger partial charge in [-0.1, -0.05) is 42.5 Å². The molecule has 0 spiro atoms. The molecule has 4 aromatic carbocycles. The number of nitrogens with zero attached hydrogens (tertiary/aromatic N) is 1.